The minimum Gasteiger partial charge on any atom is -0.490 e. The lowest BCUT2D eigenvalue weighted by atomic mass is 10.3. The van der Waals surface area contributed by atoms with E-state index in [2.05, 4.69) is 0 Å². The van der Waals surface area contributed by atoms with Crippen LogP contribution >= 0.6 is 11.8 Å². The van der Waals surface area contributed by atoms with E-state index in [1.807, 2.05) is 18.2 Å². The minimum absolute atomic E-state index is 0.318. The fourth-order valence-electron chi connectivity index (χ4n) is 2.11. The summed E-state index contributed by atoms with van der Waals surface area (Å²) < 4.78 is 11.2. The highest BCUT2D eigenvalue weighted by Crippen LogP contribution is 2.43. The predicted molar refractivity (Wildman–Crippen MR) is 72.1 cm³/mol. The highest BCUT2D eigenvalue weighted by Gasteiger charge is 2.37. The molecule has 0 aromatic heterocycles. The molecule has 5 heteroatoms. The maximum absolute atomic E-state index is 11.3. The maximum atomic E-state index is 11.3. The molecule has 1 saturated carbocycles. The number of fused-ring (bicyclic) bond motifs is 1. The van der Waals surface area contributed by atoms with Crippen LogP contribution in [0.2, 0.25) is 0 Å². The molecule has 102 valence electrons. The van der Waals surface area contributed by atoms with Gasteiger partial charge in [0.2, 0.25) is 0 Å². The van der Waals surface area contributed by atoms with Gasteiger partial charge in [-0.3, -0.25) is 4.79 Å². The maximum Gasteiger partial charge on any atom is 0.317 e. The second-order valence-corrected chi connectivity index (χ2v) is 6.09. The van der Waals surface area contributed by atoms with Gasteiger partial charge in [0.1, 0.15) is 5.25 Å². The van der Waals surface area contributed by atoms with E-state index in [0.29, 0.717) is 19.1 Å². The molecule has 1 atom stereocenters. The number of ether oxygens (including phenoxy) is 2. The first-order valence-electron chi connectivity index (χ1n) is 6.53. The molecule has 19 heavy (non-hydrogen) atoms. The van der Waals surface area contributed by atoms with Gasteiger partial charge in [-0.15, -0.1) is 11.8 Å². The zero-order valence-electron chi connectivity index (χ0n) is 10.5. The number of hydrogen-bond donors (Lipinski definition) is 1. The fourth-order valence-corrected chi connectivity index (χ4v) is 3.29. The summed E-state index contributed by atoms with van der Waals surface area (Å²) in [5.41, 5.74) is 0. The van der Waals surface area contributed by atoms with Crippen molar-refractivity contribution in [1.29, 1.82) is 0 Å². The van der Waals surface area contributed by atoms with Gasteiger partial charge in [0.05, 0.1) is 13.2 Å². The predicted octanol–water partition coefficient (Wildman–Crippen LogP) is 2.80. The Hall–Kier alpha value is -1.36. The minimum atomic E-state index is -0.723. The lowest BCUT2D eigenvalue weighted by Gasteiger charge is -2.13. The lowest BCUT2D eigenvalue weighted by molar-refractivity contribution is -0.136. The van der Waals surface area contributed by atoms with Crippen LogP contribution in [0.4, 0.5) is 0 Å². The van der Waals surface area contributed by atoms with Gasteiger partial charge in [-0.2, -0.15) is 0 Å². The summed E-state index contributed by atoms with van der Waals surface area (Å²) in [6.45, 7) is 1.31. The van der Waals surface area contributed by atoms with Crippen molar-refractivity contribution in [1.82, 2.24) is 0 Å². The summed E-state index contributed by atoms with van der Waals surface area (Å²) in [6.07, 6.45) is 2.92. The summed E-state index contributed by atoms with van der Waals surface area (Å²) in [5.74, 6) is 1.07. The molecule has 2 aliphatic rings. The van der Waals surface area contributed by atoms with E-state index in [1.54, 1.807) is 0 Å². The number of carbonyl (C=O) groups is 1. The number of rotatable bonds is 4. The first-order valence-corrected chi connectivity index (χ1v) is 7.41. The molecule has 1 aliphatic carbocycles. The fraction of sp³-hybridized carbons (Fsp3) is 0.500. The van der Waals surface area contributed by atoms with E-state index in [1.165, 1.54) is 11.8 Å². The lowest BCUT2D eigenvalue weighted by Crippen LogP contribution is -2.18. The molecular weight excluding hydrogens is 264 g/mol. The molecule has 0 amide bonds. The van der Waals surface area contributed by atoms with Crippen molar-refractivity contribution < 1.29 is 19.4 Å². The Morgan fingerprint density at radius 2 is 2.00 bits per heavy atom. The molecule has 0 saturated heterocycles. The number of carboxylic acids is 1. The van der Waals surface area contributed by atoms with Crippen LogP contribution in [-0.4, -0.2) is 29.5 Å². The van der Waals surface area contributed by atoms with Crippen molar-refractivity contribution in [3.05, 3.63) is 18.2 Å². The molecule has 1 unspecified atom stereocenters. The number of thioether (sulfide) groups is 1. The monoisotopic (exact) mass is 280 g/mol. The Balaban J connectivity index is 1.77. The molecule has 0 bridgehead atoms. The van der Waals surface area contributed by atoms with Crippen LogP contribution in [0.3, 0.4) is 0 Å². The van der Waals surface area contributed by atoms with Gasteiger partial charge in [-0.1, -0.05) is 0 Å². The largest absolute Gasteiger partial charge is 0.490 e. The van der Waals surface area contributed by atoms with Crippen LogP contribution in [-0.2, 0) is 4.79 Å². The van der Waals surface area contributed by atoms with Gasteiger partial charge in [0.25, 0.3) is 0 Å². The summed E-state index contributed by atoms with van der Waals surface area (Å²) >= 11 is 1.41. The van der Waals surface area contributed by atoms with Crippen LogP contribution in [0.1, 0.15) is 19.3 Å². The first kappa shape index (κ1) is 12.7. The van der Waals surface area contributed by atoms with Gasteiger partial charge >= 0.3 is 5.97 Å². The van der Waals surface area contributed by atoms with E-state index < -0.39 is 5.97 Å². The van der Waals surface area contributed by atoms with E-state index in [-0.39, 0.29) is 5.25 Å². The Morgan fingerprint density at radius 1 is 1.26 bits per heavy atom. The zero-order valence-corrected chi connectivity index (χ0v) is 11.3. The van der Waals surface area contributed by atoms with Gasteiger partial charge < -0.3 is 14.6 Å². The third kappa shape index (κ3) is 2.97. The van der Waals surface area contributed by atoms with E-state index in [9.17, 15) is 9.90 Å². The van der Waals surface area contributed by atoms with Gasteiger partial charge in [0, 0.05) is 11.3 Å². The van der Waals surface area contributed by atoms with Crippen LogP contribution in [0.5, 0.6) is 11.5 Å². The molecule has 0 radical (unpaired) electrons. The molecular formula is C14H16O4S. The Labute approximate surface area is 116 Å². The average molecular weight is 280 g/mol. The van der Waals surface area contributed by atoms with E-state index in [0.717, 1.165) is 35.7 Å². The second-order valence-electron chi connectivity index (χ2n) is 4.87. The average Bonchev–Trinajstić information content (AvgIpc) is 3.22. The summed E-state index contributed by atoms with van der Waals surface area (Å²) in [4.78, 5) is 12.2. The highest BCUT2D eigenvalue weighted by molar-refractivity contribution is 8.00. The van der Waals surface area contributed by atoms with Crippen LogP contribution in [0.25, 0.3) is 0 Å². The van der Waals surface area contributed by atoms with Crippen molar-refractivity contribution in [2.75, 3.05) is 13.2 Å². The first-order chi connectivity index (χ1) is 9.24. The number of benzene rings is 1. The topological polar surface area (TPSA) is 55.8 Å². The third-order valence-corrected chi connectivity index (χ3v) is 4.64. The van der Waals surface area contributed by atoms with Gasteiger partial charge in [0.15, 0.2) is 11.5 Å². The van der Waals surface area contributed by atoms with Crippen molar-refractivity contribution >= 4 is 17.7 Å². The number of hydrogen-bond acceptors (Lipinski definition) is 4. The quantitative estimate of drug-likeness (QED) is 0.859. The van der Waals surface area contributed by atoms with E-state index in [4.69, 9.17) is 9.47 Å². The second kappa shape index (κ2) is 5.33. The molecule has 1 aliphatic heterocycles. The van der Waals surface area contributed by atoms with Crippen LogP contribution in [0, 0.1) is 5.92 Å². The summed E-state index contributed by atoms with van der Waals surface area (Å²) in [5, 5.41) is 8.91. The SMILES string of the molecule is O=C(O)C(Sc1ccc2c(c1)OCCCO2)C1CC1. The molecule has 0 spiro atoms. The van der Waals surface area contributed by atoms with Crippen molar-refractivity contribution in [3.8, 4) is 11.5 Å². The molecule has 1 fully saturated rings. The van der Waals surface area contributed by atoms with Crippen molar-refractivity contribution in [2.24, 2.45) is 5.92 Å². The molecule has 4 nitrogen and oxygen atoms in total. The Kier molecular flexibility index (Phi) is 3.55. The zero-order chi connectivity index (χ0) is 13.2. The molecule has 1 N–H and O–H groups in total. The third-order valence-electron chi connectivity index (χ3n) is 3.28. The summed E-state index contributed by atoms with van der Waals surface area (Å²) in [6, 6.07) is 5.68. The standard InChI is InChI=1S/C14H16O4S/c15-14(16)13(9-2-3-9)19-10-4-5-11-12(8-10)18-7-1-6-17-11/h4-5,8-9,13H,1-3,6-7H2,(H,15,16). The molecule has 1 aromatic rings. The van der Waals surface area contributed by atoms with Gasteiger partial charge in [-0.05, 0) is 37.0 Å². The normalized spacial score (nSPS) is 19.6. The van der Waals surface area contributed by atoms with Gasteiger partial charge in [-0.25, -0.2) is 0 Å². The highest BCUT2D eigenvalue weighted by atomic mass is 32.2. The number of carboxylic acid groups (broad SMARTS) is 1. The smallest absolute Gasteiger partial charge is 0.317 e. The number of aliphatic carboxylic acids is 1. The molecule has 3 rings (SSSR count). The Morgan fingerprint density at radius 3 is 2.68 bits per heavy atom. The van der Waals surface area contributed by atoms with Crippen molar-refractivity contribution in [2.45, 2.75) is 29.4 Å². The molecule has 1 heterocycles. The van der Waals surface area contributed by atoms with Crippen LogP contribution < -0.4 is 9.47 Å². The van der Waals surface area contributed by atoms with Crippen LogP contribution in [0.15, 0.2) is 23.1 Å². The summed E-state index contributed by atoms with van der Waals surface area (Å²) in [7, 11) is 0. The van der Waals surface area contributed by atoms with E-state index >= 15 is 0 Å². The Bertz CT molecular complexity index is 484. The van der Waals surface area contributed by atoms with Crippen molar-refractivity contribution in [3.63, 3.8) is 0 Å². The molecule has 1 aromatic carbocycles.